The molecule has 0 amide bonds. The Bertz CT molecular complexity index is 455. The number of nitrogens with zero attached hydrogens (tertiary/aromatic N) is 1. The van der Waals surface area contributed by atoms with Gasteiger partial charge in [0, 0.05) is 6.54 Å². The lowest BCUT2D eigenvalue weighted by Crippen LogP contribution is -2.19. The predicted molar refractivity (Wildman–Crippen MR) is 71.5 cm³/mol. The fourth-order valence-corrected chi connectivity index (χ4v) is 2.76. The minimum Gasteiger partial charge on any atom is -0.305 e. The molecule has 0 fully saturated rings. The largest absolute Gasteiger partial charge is 0.305 e. The van der Waals surface area contributed by atoms with E-state index in [4.69, 9.17) is 0 Å². The van der Waals surface area contributed by atoms with Gasteiger partial charge in [-0.15, -0.1) is 0 Å². The van der Waals surface area contributed by atoms with Crippen molar-refractivity contribution in [3.63, 3.8) is 0 Å². The highest BCUT2D eigenvalue weighted by molar-refractivity contribution is 7.92. The Kier molecular flexibility index (Phi) is 4.96. The first-order valence-corrected chi connectivity index (χ1v) is 7.33. The van der Waals surface area contributed by atoms with Crippen molar-refractivity contribution >= 4 is 15.7 Å². The second-order valence-electron chi connectivity index (χ2n) is 4.32. The number of nitrogens with one attached hydrogen (secondary N) is 1. The Morgan fingerprint density at radius 1 is 1.24 bits per heavy atom. The maximum absolute atomic E-state index is 11.7. The van der Waals surface area contributed by atoms with E-state index in [0.29, 0.717) is 18.7 Å². The van der Waals surface area contributed by atoms with E-state index < -0.39 is 10.0 Å². The van der Waals surface area contributed by atoms with Crippen LogP contribution in [0.1, 0.15) is 18.9 Å². The van der Waals surface area contributed by atoms with Crippen LogP contribution in [0.15, 0.2) is 24.3 Å². The van der Waals surface area contributed by atoms with Gasteiger partial charge in [0.1, 0.15) is 0 Å². The van der Waals surface area contributed by atoms with Crippen molar-refractivity contribution in [2.45, 2.75) is 19.9 Å². The lowest BCUT2D eigenvalue weighted by molar-refractivity contribution is 0.403. The molecule has 1 N–H and O–H groups in total. The van der Waals surface area contributed by atoms with Gasteiger partial charge >= 0.3 is 0 Å². The van der Waals surface area contributed by atoms with Crippen molar-refractivity contribution in [3.05, 3.63) is 29.8 Å². The number of hydrogen-bond acceptors (Lipinski definition) is 3. The maximum atomic E-state index is 11.7. The minimum atomic E-state index is -3.21. The van der Waals surface area contributed by atoms with Gasteiger partial charge in [-0.1, -0.05) is 25.1 Å². The SMILES string of the molecule is CCCS(=O)(=O)Nc1ccccc1CN(C)C. The molecule has 1 aromatic carbocycles. The van der Waals surface area contributed by atoms with Gasteiger partial charge in [0.25, 0.3) is 0 Å². The van der Waals surface area contributed by atoms with Crippen LogP contribution in [0.4, 0.5) is 5.69 Å². The van der Waals surface area contributed by atoms with Crippen molar-refractivity contribution in [3.8, 4) is 0 Å². The summed E-state index contributed by atoms with van der Waals surface area (Å²) in [6.07, 6.45) is 0.616. The second kappa shape index (κ2) is 6.02. The van der Waals surface area contributed by atoms with Crippen LogP contribution in [0.25, 0.3) is 0 Å². The monoisotopic (exact) mass is 256 g/mol. The average molecular weight is 256 g/mol. The predicted octanol–water partition coefficient (Wildman–Crippen LogP) is 1.90. The van der Waals surface area contributed by atoms with Gasteiger partial charge in [-0.25, -0.2) is 8.42 Å². The third-order valence-corrected chi connectivity index (χ3v) is 3.72. The van der Waals surface area contributed by atoms with Crippen molar-refractivity contribution in [1.82, 2.24) is 4.90 Å². The Morgan fingerprint density at radius 2 is 1.88 bits per heavy atom. The molecule has 0 aliphatic heterocycles. The molecule has 0 radical (unpaired) electrons. The summed E-state index contributed by atoms with van der Waals surface area (Å²) in [7, 11) is 0.700. The molecule has 5 heteroatoms. The molecular formula is C12H20N2O2S. The molecule has 1 rings (SSSR count). The Hall–Kier alpha value is -1.07. The van der Waals surface area contributed by atoms with Gasteiger partial charge in [-0.2, -0.15) is 0 Å². The van der Waals surface area contributed by atoms with Crippen molar-refractivity contribution in [2.75, 3.05) is 24.6 Å². The van der Waals surface area contributed by atoms with Gasteiger partial charge in [0.15, 0.2) is 0 Å². The molecule has 0 aromatic heterocycles. The van der Waals surface area contributed by atoms with Gasteiger partial charge in [-0.3, -0.25) is 4.72 Å². The number of rotatable bonds is 6. The van der Waals surface area contributed by atoms with Crippen LogP contribution < -0.4 is 4.72 Å². The summed E-state index contributed by atoms with van der Waals surface area (Å²) in [5.74, 6) is 0.156. The topological polar surface area (TPSA) is 49.4 Å². The summed E-state index contributed by atoms with van der Waals surface area (Å²) in [6, 6.07) is 7.48. The number of hydrogen-bond donors (Lipinski definition) is 1. The lowest BCUT2D eigenvalue weighted by Gasteiger charge is -2.15. The average Bonchev–Trinajstić information content (AvgIpc) is 2.19. The first kappa shape index (κ1) is 14.0. The summed E-state index contributed by atoms with van der Waals surface area (Å²) in [6.45, 7) is 2.57. The zero-order chi connectivity index (χ0) is 12.9. The highest BCUT2D eigenvalue weighted by atomic mass is 32.2. The molecule has 17 heavy (non-hydrogen) atoms. The zero-order valence-corrected chi connectivity index (χ0v) is 11.4. The van der Waals surface area contributed by atoms with Gasteiger partial charge in [0.05, 0.1) is 11.4 Å². The summed E-state index contributed by atoms with van der Waals surface area (Å²) >= 11 is 0. The van der Waals surface area contributed by atoms with E-state index >= 15 is 0 Å². The van der Waals surface area contributed by atoms with Gasteiger partial charge < -0.3 is 4.90 Å². The fraction of sp³-hybridized carbons (Fsp3) is 0.500. The first-order valence-electron chi connectivity index (χ1n) is 5.67. The van der Waals surface area contributed by atoms with Crippen molar-refractivity contribution in [2.24, 2.45) is 0 Å². The molecule has 0 heterocycles. The molecule has 0 saturated carbocycles. The summed E-state index contributed by atoms with van der Waals surface area (Å²) in [5, 5.41) is 0. The molecule has 0 aliphatic rings. The molecule has 0 unspecified atom stereocenters. The summed E-state index contributed by atoms with van der Waals surface area (Å²) < 4.78 is 26.1. The van der Waals surface area contributed by atoms with Crippen LogP contribution in [-0.2, 0) is 16.6 Å². The highest BCUT2D eigenvalue weighted by Gasteiger charge is 2.11. The highest BCUT2D eigenvalue weighted by Crippen LogP contribution is 2.18. The number of para-hydroxylation sites is 1. The zero-order valence-electron chi connectivity index (χ0n) is 10.6. The van der Waals surface area contributed by atoms with Gasteiger partial charge in [0.2, 0.25) is 10.0 Å². The molecule has 1 aromatic rings. The third kappa shape index (κ3) is 4.75. The maximum Gasteiger partial charge on any atom is 0.232 e. The van der Waals surface area contributed by atoms with Crippen molar-refractivity contribution in [1.29, 1.82) is 0 Å². The van der Waals surface area contributed by atoms with E-state index in [9.17, 15) is 8.42 Å². The van der Waals surface area contributed by atoms with Crippen LogP contribution in [0, 0.1) is 0 Å². The van der Waals surface area contributed by atoms with Gasteiger partial charge in [-0.05, 0) is 32.1 Å². The normalized spacial score (nSPS) is 11.8. The van der Waals surface area contributed by atoms with E-state index in [1.165, 1.54) is 0 Å². The van der Waals surface area contributed by atoms with Crippen molar-refractivity contribution < 1.29 is 8.42 Å². The second-order valence-corrected chi connectivity index (χ2v) is 6.16. The Balaban J connectivity index is 2.90. The van der Waals surface area contributed by atoms with E-state index in [1.54, 1.807) is 6.07 Å². The molecule has 96 valence electrons. The Labute approximate surface area is 104 Å². The summed E-state index contributed by atoms with van der Waals surface area (Å²) in [4.78, 5) is 2.01. The number of benzene rings is 1. The Morgan fingerprint density at radius 3 is 2.47 bits per heavy atom. The molecule has 0 spiro atoms. The number of sulfonamides is 1. The first-order chi connectivity index (χ1) is 7.94. The molecule has 0 atom stereocenters. The molecule has 4 nitrogen and oxygen atoms in total. The summed E-state index contributed by atoms with van der Waals surface area (Å²) in [5.41, 5.74) is 1.66. The van der Waals surface area contributed by atoms with Crippen LogP contribution in [-0.4, -0.2) is 33.2 Å². The molecule has 0 bridgehead atoms. The van der Waals surface area contributed by atoms with E-state index in [0.717, 1.165) is 5.56 Å². The molecular weight excluding hydrogens is 236 g/mol. The third-order valence-electron chi connectivity index (χ3n) is 2.24. The van der Waals surface area contributed by atoms with Crippen LogP contribution in [0.2, 0.25) is 0 Å². The molecule has 0 saturated heterocycles. The van der Waals surface area contributed by atoms with E-state index in [-0.39, 0.29) is 5.75 Å². The van der Waals surface area contributed by atoms with E-state index in [1.807, 2.05) is 44.1 Å². The fourth-order valence-electron chi connectivity index (χ4n) is 1.59. The minimum absolute atomic E-state index is 0.156. The van der Waals surface area contributed by atoms with Crippen LogP contribution in [0.3, 0.4) is 0 Å². The number of anilines is 1. The quantitative estimate of drug-likeness (QED) is 0.845. The van der Waals surface area contributed by atoms with Crippen LogP contribution >= 0.6 is 0 Å². The lowest BCUT2D eigenvalue weighted by atomic mass is 10.2. The van der Waals surface area contributed by atoms with E-state index in [2.05, 4.69) is 4.72 Å². The molecule has 0 aliphatic carbocycles. The van der Waals surface area contributed by atoms with Crippen LogP contribution in [0.5, 0.6) is 0 Å². The smallest absolute Gasteiger partial charge is 0.232 e. The standard InChI is InChI=1S/C12H20N2O2S/c1-4-9-17(15,16)13-12-8-6-5-7-11(12)10-14(2)3/h5-8,13H,4,9-10H2,1-3H3.